The third-order valence-electron chi connectivity index (χ3n) is 9.85. The van der Waals surface area contributed by atoms with Crippen LogP contribution in [0.15, 0.2) is 59.8 Å². The summed E-state index contributed by atoms with van der Waals surface area (Å²) < 4.78 is 9.04. The normalized spacial score (nSPS) is 20.0. The molecule has 19 heteroatoms. The molecular weight excluding hydrogens is 805 g/mol. The summed E-state index contributed by atoms with van der Waals surface area (Å²) in [6.07, 6.45) is 10.5. The van der Waals surface area contributed by atoms with E-state index in [-0.39, 0.29) is 23.4 Å². The van der Waals surface area contributed by atoms with E-state index in [0.29, 0.717) is 29.1 Å². The molecule has 6 aromatic heterocycles. The number of carboxylic acid groups (broad SMARTS) is 1. The van der Waals surface area contributed by atoms with Crippen LogP contribution < -0.4 is 5.32 Å². The highest BCUT2D eigenvalue weighted by molar-refractivity contribution is 7.13. The van der Waals surface area contributed by atoms with Crippen LogP contribution in [-0.2, 0) is 11.2 Å². The van der Waals surface area contributed by atoms with Crippen LogP contribution in [0.2, 0.25) is 0 Å². The lowest BCUT2D eigenvalue weighted by atomic mass is 9.90. The van der Waals surface area contributed by atoms with Crippen LogP contribution in [-0.4, -0.2) is 96.0 Å². The van der Waals surface area contributed by atoms with Crippen molar-refractivity contribution in [3.05, 3.63) is 92.1 Å². The van der Waals surface area contributed by atoms with Crippen LogP contribution in [0.4, 0.5) is 0 Å². The molecule has 6 aromatic rings. The number of thiophene rings is 2. The van der Waals surface area contributed by atoms with Gasteiger partial charge in [-0.2, -0.15) is 29.1 Å². The number of nitrogens with one attached hydrogen (secondary N) is 1. The van der Waals surface area contributed by atoms with Crippen molar-refractivity contribution in [3.63, 3.8) is 0 Å². The number of amides is 1. The number of nitrogens with zero attached hydrogens (tertiary/aromatic N) is 9. The molecule has 0 bridgehead atoms. The van der Waals surface area contributed by atoms with E-state index in [1.807, 2.05) is 36.3 Å². The highest BCUT2D eigenvalue weighted by Crippen LogP contribution is 2.35. The van der Waals surface area contributed by atoms with Gasteiger partial charge in [0.2, 0.25) is 0 Å². The van der Waals surface area contributed by atoms with Crippen molar-refractivity contribution in [1.29, 1.82) is 0 Å². The number of likely N-dealkylation sites (tertiary alicyclic amines) is 1. The number of hydrogen-bond donors (Lipinski definition) is 4. The van der Waals surface area contributed by atoms with E-state index in [1.54, 1.807) is 31.6 Å². The predicted molar refractivity (Wildman–Crippen MR) is 222 cm³/mol. The molecule has 0 radical (unpaired) electrons. The SMILES string of the molecule is C[C@@H]1CC[C@@H](c2cc(C(C)(C)O)sn2)CN1.C[C@@H]1CC[C@@H](c2cc(C(C)(C)O)sn2)CN1C(=O)c1ccsc1-n1nccn1.O=C(O)c1ccsc1-n1nccn1. The smallest absolute Gasteiger partial charge is 0.338 e. The van der Waals surface area contributed by atoms with Crippen molar-refractivity contribution in [3.8, 4) is 10.0 Å². The average Bonchev–Trinajstić information content (AvgIpc) is 4.02. The van der Waals surface area contributed by atoms with Gasteiger partial charge in [0.05, 0.1) is 68.3 Å². The van der Waals surface area contributed by atoms with Gasteiger partial charge in [-0.05, 0) is 125 Å². The monoisotopic (exact) mass is 852 g/mol. The zero-order valence-corrected chi connectivity index (χ0v) is 35.9. The van der Waals surface area contributed by atoms with Crippen LogP contribution in [0.25, 0.3) is 10.0 Å². The number of aromatic nitrogens is 8. The van der Waals surface area contributed by atoms with Gasteiger partial charge in [0.1, 0.15) is 0 Å². The van der Waals surface area contributed by atoms with Gasteiger partial charge < -0.3 is 25.5 Å². The van der Waals surface area contributed by atoms with Gasteiger partial charge in [0.25, 0.3) is 5.91 Å². The summed E-state index contributed by atoms with van der Waals surface area (Å²) in [6, 6.07) is 8.21. The number of rotatable bonds is 8. The number of hydrogen-bond acceptors (Lipinski definition) is 15. The second kappa shape index (κ2) is 18.1. The van der Waals surface area contributed by atoms with E-state index in [2.05, 4.69) is 54.4 Å². The first-order valence-electron chi connectivity index (χ1n) is 18.6. The number of carboxylic acids is 1. The van der Waals surface area contributed by atoms with Gasteiger partial charge in [-0.25, -0.2) is 4.79 Å². The Morgan fingerprint density at radius 3 is 1.70 bits per heavy atom. The fourth-order valence-corrected chi connectivity index (χ4v) is 9.67. The van der Waals surface area contributed by atoms with Gasteiger partial charge in [-0.1, -0.05) is 0 Å². The zero-order valence-electron chi connectivity index (χ0n) is 32.6. The highest BCUT2D eigenvalue weighted by atomic mass is 32.1. The van der Waals surface area contributed by atoms with Crippen molar-refractivity contribution in [2.45, 2.75) is 102 Å². The molecule has 8 rings (SSSR count). The van der Waals surface area contributed by atoms with Crippen LogP contribution in [0, 0.1) is 0 Å². The van der Waals surface area contributed by atoms with Crippen LogP contribution >= 0.6 is 45.7 Å². The molecule has 304 valence electrons. The summed E-state index contributed by atoms with van der Waals surface area (Å²) in [5, 5.41) is 53.3. The molecule has 2 aliphatic heterocycles. The largest absolute Gasteiger partial charge is 0.478 e. The van der Waals surface area contributed by atoms with Gasteiger partial charge in [0.15, 0.2) is 10.0 Å². The lowest BCUT2D eigenvalue weighted by molar-refractivity contribution is 0.0606. The molecule has 4 N–H and O–H groups in total. The van der Waals surface area contributed by atoms with Crippen molar-refractivity contribution >= 4 is 57.6 Å². The summed E-state index contributed by atoms with van der Waals surface area (Å²) in [4.78, 5) is 30.6. The molecule has 4 atom stereocenters. The molecule has 57 heavy (non-hydrogen) atoms. The molecule has 2 saturated heterocycles. The maximum absolute atomic E-state index is 13.3. The third kappa shape index (κ3) is 10.4. The summed E-state index contributed by atoms with van der Waals surface area (Å²) in [5.74, 6) is -0.266. The Morgan fingerprint density at radius 2 is 1.23 bits per heavy atom. The van der Waals surface area contributed by atoms with Crippen molar-refractivity contribution in [2.24, 2.45) is 0 Å². The average molecular weight is 853 g/mol. The van der Waals surface area contributed by atoms with Crippen LogP contribution in [0.3, 0.4) is 0 Å². The summed E-state index contributed by atoms with van der Waals surface area (Å²) >= 11 is 5.51. The van der Waals surface area contributed by atoms with E-state index in [4.69, 9.17) is 5.11 Å². The Hall–Kier alpha value is -4.24. The molecule has 0 saturated carbocycles. The van der Waals surface area contributed by atoms with Crippen molar-refractivity contribution < 1.29 is 24.9 Å². The fourth-order valence-electron chi connectivity index (χ4n) is 6.46. The molecule has 0 aliphatic carbocycles. The number of piperidine rings is 2. The summed E-state index contributed by atoms with van der Waals surface area (Å²) in [5.41, 5.74) is 1.30. The van der Waals surface area contributed by atoms with E-state index < -0.39 is 17.2 Å². The van der Waals surface area contributed by atoms with Crippen LogP contribution in [0.5, 0.6) is 0 Å². The number of carbonyl (C=O) groups excluding carboxylic acids is 1. The maximum atomic E-state index is 13.3. The first-order valence-corrected chi connectivity index (χ1v) is 22.0. The van der Waals surface area contributed by atoms with Gasteiger partial charge in [-0.3, -0.25) is 4.79 Å². The minimum absolute atomic E-state index is 0.00342. The molecular formula is C38H48N10O5S4. The Kier molecular flexibility index (Phi) is 13.5. The third-order valence-corrected chi connectivity index (χ3v) is 13.8. The molecule has 1 amide bonds. The minimum atomic E-state index is -0.964. The molecule has 0 aromatic carbocycles. The maximum Gasteiger partial charge on any atom is 0.338 e. The molecule has 2 fully saturated rings. The second-order valence-corrected chi connectivity index (χ2v) is 18.6. The quantitative estimate of drug-likeness (QED) is 0.127. The van der Waals surface area contributed by atoms with E-state index in [0.717, 1.165) is 45.5 Å². The van der Waals surface area contributed by atoms with Gasteiger partial charge in [-0.15, -0.1) is 32.3 Å². The van der Waals surface area contributed by atoms with E-state index in [9.17, 15) is 19.8 Å². The van der Waals surface area contributed by atoms with Crippen LogP contribution in [0.1, 0.15) is 121 Å². The molecule has 2 aliphatic rings. The Bertz CT molecular complexity index is 2190. The Balaban J connectivity index is 0.000000160. The fraction of sp³-hybridized carbons (Fsp3) is 0.474. The lowest BCUT2D eigenvalue weighted by Crippen LogP contribution is -2.45. The molecule has 0 unspecified atom stereocenters. The van der Waals surface area contributed by atoms with Crippen molar-refractivity contribution in [1.82, 2.24) is 49.0 Å². The molecule has 8 heterocycles. The number of carbonyl (C=O) groups is 2. The van der Waals surface area contributed by atoms with Gasteiger partial charge >= 0.3 is 5.97 Å². The Labute approximate surface area is 347 Å². The highest BCUT2D eigenvalue weighted by Gasteiger charge is 2.34. The minimum Gasteiger partial charge on any atom is -0.478 e. The van der Waals surface area contributed by atoms with Crippen molar-refractivity contribution in [2.75, 3.05) is 13.1 Å². The predicted octanol–water partition coefficient (Wildman–Crippen LogP) is 6.67. The first kappa shape index (κ1) is 42.4. The molecule has 15 nitrogen and oxygen atoms in total. The number of aliphatic hydroxyl groups is 2. The van der Waals surface area contributed by atoms with E-state index in [1.165, 1.54) is 86.6 Å². The number of aromatic carboxylic acids is 1. The second-order valence-electron chi connectivity index (χ2n) is 15.2. The topological polar surface area (TPSA) is 197 Å². The zero-order chi connectivity index (χ0) is 40.9. The van der Waals surface area contributed by atoms with Gasteiger partial charge in [0, 0.05) is 37.0 Å². The Morgan fingerprint density at radius 1 is 0.737 bits per heavy atom. The standard InChI is InChI=1S/C19H23N5O2S2.C12H20N2OS.C7H5N3O2S/c1-12-4-5-13(15-10-16(28-22-15)19(2,3)26)11-23(12)17(25)14-6-9-27-18(14)24-20-7-8-21-24;1-8-4-5-9(7-13-8)10-6-11(16-14-10)12(2,3)15;11-7(12)5-1-4-13-6(5)10-8-2-3-9-10/h6-10,12-13,26H,4-5,11H2,1-3H3;6,8-9,13,15H,4-5,7H2,1-3H3;1-4H,(H,11,12)/t12-,13-;8-,9-;/m11./s1. The lowest BCUT2D eigenvalue weighted by Gasteiger charge is -2.37. The first-order chi connectivity index (χ1) is 27.1. The molecule has 0 spiro atoms. The van der Waals surface area contributed by atoms with E-state index >= 15 is 0 Å². The summed E-state index contributed by atoms with van der Waals surface area (Å²) in [7, 11) is 0. The summed E-state index contributed by atoms with van der Waals surface area (Å²) in [6.45, 7) is 13.1.